The molecule has 0 spiro atoms. The third kappa shape index (κ3) is 4.02. The average Bonchev–Trinajstić information content (AvgIpc) is 3.48. The van der Waals surface area contributed by atoms with Crippen molar-refractivity contribution in [3.8, 4) is 16.3 Å². The summed E-state index contributed by atoms with van der Waals surface area (Å²) in [6.45, 7) is 4.10. The normalized spacial score (nSPS) is 12.0. The Morgan fingerprint density at radius 3 is 2.73 bits per heavy atom. The molecule has 3 aromatic heterocycles. The van der Waals surface area contributed by atoms with E-state index in [1.807, 2.05) is 43.6 Å². The molecule has 30 heavy (non-hydrogen) atoms. The summed E-state index contributed by atoms with van der Waals surface area (Å²) >= 11 is 1.52. The molecule has 0 aliphatic heterocycles. The van der Waals surface area contributed by atoms with E-state index >= 15 is 0 Å². The highest BCUT2D eigenvalue weighted by Gasteiger charge is 2.21. The minimum absolute atomic E-state index is 0.0738. The van der Waals surface area contributed by atoms with Gasteiger partial charge in [0.15, 0.2) is 0 Å². The zero-order chi connectivity index (χ0) is 21.1. The van der Waals surface area contributed by atoms with Crippen LogP contribution >= 0.6 is 11.3 Å². The molecular formula is C23H23N5OS. The van der Waals surface area contributed by atoms with Gasteiger partial charge in [-0.15, -0.1) is 11.3 Å². The maximum absolute atomic E-state index is 13.1. The summed E-state index contributed by atoms with van der Waals surface area (Å²) in [6, 6.07) is 12.1. The molecule has 1 unspecified atom stereocenters. The zero-order valence-corrected chi connectivity index (χ0v) is 18.0. The molecule has 0 aliphatic rings. The number of pyridine rings is 1. The quantitative estimate of drug-likeness (QED) is 0.453. The monoisotopic (exact) mass is 417 g/mol. The summed E-state index contributed by atoms with van der Waals surface area (Å²) in [4.78, 5) is 23.4. The van der Waals surface area contributed by atoms with Gasteiger partial charge in [0, 0.05) is 31.0 Å². The summed E-state index contributed by atoms with van der Waals surface area (Å²) in [7, 11) is 1.82. The number of aryl methyl sites for hydroxylation is 1. The van der Waals surface area contributed by atoms with Gasteiger partial charge in [-0.2, -0.15) is 5.10 Å². The Labute approximate surface area is 179 Å². The van der Waals surface area contributed by atoms with Crippen molar-refractivity contribution in [3.63, 3.8) is 0 Å². The second-order valence-corrected chi connectivity index (χ2v) is 7.94. The van der Waals surface area contributed by atoms with Gasteiger partial charge in [-0.25, -0.2) is 9.67 Å². The first kappa shape index (κ1) is 20.0. The predicted molar refractivity (Wildman–Crippen MR) is 119 cm³/mol. The second-order valence-electron chi connectivity index (χ2n) is 7.10. The van der Waals surface area contributed by atoms with Crippen LogP contribution in [-0.4, -0.2) is 37.6 Å². The van der Waals surface area contributed by atoms with Crippen LogP contribution in [0.4, 0.5) is 0 Å². The summed E-state index contributed by atoms with van der Waals surface area (Å²) in [6.07, 6.45) is 7.79. The molecule has 1 amide bonds. The Balaban J connectivity index is 1.53. The Morgan fingerprint density at radius 1 is 1.20 bits per heavy atom. The van der Waals surface area contributed by atoms with E-state index in [0.29, 0.717) is 5.56 Å². The fraction of sp³-hybridized carbons (Fsp3) is 0.217. The predicted octanol–water partition coefficient (Wildman–Crippen LogP) is 4.79. The lowest BCUT2D eigenvalue weighted by Crippen LogP contribution is -2.29. The fourth-order valence-electron chi connectivity index (χ4n) is 3.23. The van der Waals surface area contributed by atoms with Crippen molar-refractivity contribution in [2.24, 2.45) is 0 Å². The van der Waals surface area contributed by atoms with E-state index in [-0.39, 0.29) is 11.9 Å². The highest BCUT2D eigenvalue weighted by molar-refractivity contribution is 7.12. The second kappa shape index (κ2) is 8.59. The van der Waals surface area contributed by atoms with Gasteiger partial charge in [0.05, 0.1) is 23.5 Å². The molecule has 1 atom stereocenters. The third-order valence-electron chi connectivity index (χ3n) is 5.21. The average molecular weight is 418 g/mol. The Hall–Kier alpha value is -3.32. The lowest BCUT2D eigenvalue weighted by molar-refractivity contribution is 0.0742. The number of hydrogen-bond acceptors (Lipinski definition) is 5. The van der Waals surface area contributed by atoms with Crippen molar-refractivity contribution < 1.29 is 4.79 Å². The molecule has 6 nitrogen and oxygen atoms in total. The molecule has 0 bridgehead atoms. The molecule has 0 saturated carbocycles. The van der Waals surface area contributed by atoms with Crippen LogP contribution < -0.4 is 0 Å². The van der Waals surface area contributed by atoms with Crippen molar-refractivity contribution in [2.75, 3.05) is 7.05 Å². The molecule has 3 heterocycles. The summed E-state index contributed by atoms with van der Waals surface area (Å²) in [5.41, 5.74) is 4.84. The van der Waals surface area contributed by atoms with Crippen LogP contribution in [0.15, 0.2) is 66.6 Å². The van der Waals surface area contributed by atoms with Gasteiger partial charge in [-0.3, -0.25) is 9.78 Å². The van der Waals surface area contributed by atoms with Crippen LogP contribution in [0.2, 0.25) is 0 Å². The first-order valence-electron chi connectivity index (χ1n) is 9.83. The molecule has 152 valence electrons. The molecule has 0 fully saturated rings. The maximum Gasteiger partial charge on any atom is 0.257 e. The standard InChI is InChI=1S/C23H23N5OS/c1-4-21-15-30-23(26-21)28-14-20(13-25-28)22(29)27(3)16(2)18-6-5-7-19(12-18)17-8-10-24-11-9-17/h5-16H,4H2,1-3H3. The van der Waals surface area contributed by atoms with E-state index in [2.05, 4.69) is 34.1 Å². The first-order valence-corrected chi connectivity index (χ1v) is 10.7. The van der Waals surface area contributed by atoms with Crippen molar-refractivity contribution in [3.05, 3.63) is 83.4 Å². The number of carbonyl (C=O) groups is 1. The van der Waals surface area contributed by atoms with Crippen LogP contribution in [0.5, 0.6) is 0 Å². The molecule has 0 aliphatic carbocycles. The summed E-state index contributed by atoms with van der Waals surface area (Å²) < 4.78 is 1.67. The minimum Gasteiger partial charge on any atom is -0.335 e. The van der Waals surface area contributed by atoms with Gasteiger partial charge >= 0.3 is 0 Å². The molecule has 0 radical (unpaired) electrons. The molecule has 4 aromatic rings. The van der Waals surface area contributed by atoms with Gasteiger partial charge in [0.1, 0.15) is 0 Å². The van der Waals surface area contributed by atoms with E-state index in [4.69, 9.17) is 0 Å². The van der Waals surface area contributed by atoms with Crippen molar-refractivity contribution in [1.82, 2.24) is 24.6 Å². The zero-order valence-electron chi connectivity index (χ0n) is 17.2. The van der Waals surface area contributed by atoms with Crippen molar-refractivity contribution >= 4 is 17.2 Å². The molecular weight excluding hydrogens is 394 g/mol. The molecule has 4 rings (SSSR count). The highest BCUT2D eigenvalue weighted by atomic mass is 32.1. The van der Waals surface area contributed by atoms with Crippen LogP contribution in [0.3, 0.4) is 0 Å². The molecule has 7 heteroatoms. The van der Waals surface area contributed by atoms with Crippen LogP contribution in [0.1, 0.15) is 41.5 Å². The number of hydrogen-bond donors (Lipinski definition) is 0. The summed E-state index contributed by atoms with van der Waals surface area (Å²) in [5.74, 6) is -0.0738. The van der Waals surface area contributed by atoms with Gasteiger partial charge in [0.25, 0.3) is 5.91 Å². The fourth-order valence-corrected chi connectivity index (χ4v) is 4.07. The number of amides is 1. The smallest absolute Gasteiger partial charge is 0.257 e. The summed E-state index contributed by atoms with van der Waals surface area (Å²) in [5, 5.41) is 7.12. The van der Waals surface area contributed by atoms with Crippen LogP contribution in [-0.2, 0) is 6.42 Å². The SMILES string of the molecule is CCc1csc(-n2cc(C(=O)N(C)C(C)c3cccc(-c4ccncc4)c3)cn2)n1. The first-order chi connectivity index (χ1) is 14.6. The van der Waals surface area contributed by atoms with Crippen LogP contribution in [0.25, 0.3) is 16.3 Å². The third-order valence-corrected chi connectivity index (χ3v) is 6.09. The van der Waals surface area contributed by atoms with E-state index in [1.165, 1.54) is 11.3 Å². The maximum atomic E-state index is 13.1. The lowest BCUT2D eigenvalue weighted by Gasteiger charge is -2.25. The number of nitrogens with zero attached hydrogens (tertiary/aromatic N) is 5. The number of carbonyl (C=O) groups excluding carboxylic acids is 1. The minimum atomic E-state index is -0.0887. The van der Waals surface area contributed by atoms with Crippen molar-refractivity contribution in [1.29, 1.82) is 0 Å². The largest absolute Gasteiger partial charge is 0.335 e. The Kier molecular flexibility index (Phi) is 5.72. The Bertz CT molecular complexity index is 1150. The number of aromatic nitrogens is 4. The van der Waals surface area contributed by atoms with Gasteiger partial charge in [-0.05, 0) is 48.2 Å². The van der Waals surface area contributed by atoms with Gasteiger partial charge in [0.2, 0.25) is 5.13 Å². The molecule has 1 aromatic carbocycles. The number of thiazole rings is 1. The van der Waals surface area contributed by atoms with E-state index in [9.17, 15) is 4.79 Å². The lowest BCUT2D eigenvalue weighted by atomic mass is 10.00. The molecule has 0 N–H and O–H groups in total. The van der Waals surface area contributed by atoms with Crippen molar-refractivity contribution in [2.45, 2.75) is 26.3 Å². The molecule has 0 saturated heterocycles. The van der Waals surface area contributed by atoms with E-state index in [0.717, 1.165) is 33.9 Å². The topological polar surface area (TPSA) is 63.9 Å². The number of benzene rings is 1. The Morgan fingerprint density at radius 2 is 2.00 bits per heavy atom. The number of rotatable bonds is 6. The van der Waals surface area contributed by atoms with Gasteiger partial charge in [-0.1, -0.05) is 25.1 Å². The highest BCUT2D eigenvalue weighted by Crippen LogP contribution is 2.26. The van der Waals surface area contributed by atoms with Gasteiger partial charge < -0.3 is 4.90 Å². The van der Waals surface area contributed by atoms with Crippen LogP contribution in [0, 0.1) is 0 Å². The van der Waals surface area contributed by atoms with E-state index < -0.39 is 0 Å². The van der Waals surface area contributed by atoms with E-state index in [1.54, 1.807) is 34.4 Å².